The molecule has 2 atom stereocenters. The number of aromatic nitrogens is 2. The molecule has 8 heteroatoms. The lowest BCUT2D eigenvalue weighted by molar-refractivity contribution is 0.0695. The summed E-state index contributed by atoms with van der Waals surface area (Å²) in [5, 5.41) is 9.30. The zero-order valence-corrected chi connectivity index (χ0v) is 14.5. The van der Waals surface area contributed by atoms with Crippen LogP contribution >= 0.6 is 0 Å². The topological polar surface area (TPSA) is 101 Å². The van der Waals surface area contributed by atoms with Crippen LogP contribution in [0, 0.1) is 11.7 Å². The third-order valence-corrected chi connectivity index (χ3v) is 5.38. The molecule has 1 aliphatic carbocycles. The van der Waals surface area contributed by atoms with Gasteiger partial charge in [-0.25, -0.2) is 14.2 Å². The Morgan fingerprint density at radius 1 is 1.42 bits per heavy atom. The highest BCUT2D eigenvalue weighted by Crippen LogP contribution is 2.37. The number of anilines is 1. The van der Waals surface area contributed by atoms with Gasteiger partial charge in [0.25, 0.3) is 0 Å². The molecule has 2 aromatic rings. The van der Waals surface area contributed by atoms with Crippen LogP contribution in [-0.2, 0) is 0 Å². The minimum atomic E-state index is -1.31. The summed E-state index contributed by atoms with van der Waals surface area (Å²) < 4.78 is 16.4. The van der Waals surface area contributed by atoms with Crippen molar-refractivity contribution in [3.8, 4) is 0 Å². The zero-order valence-electron chi connectivity index (χ0n) is 14.5. The van der Waals surface area contributed by atoms with Crippen LogP contribution in [0.2, 0.25) is 0 Å². The van der Waals surface area contributed by atoms with Gasteiger partial charge in [-0.2, -0.15) is 0 Å². The van der Waals surface area contributed by atoms with Gasteiger partial charge >= 0.3 is 5.97 Å². The summed E-state index contributed by atoms with van der Waals surface area (Å²) in [6.07, 6.45) is 3.99. The number of hydrogen-bond donors (Lipinski definition) is 2. The number of hydrogen-bond acceptors (Lipinski definition) is 5. The van der Waals surface area contributed by atoms with Crippen molar-refractivity contribution in [3.05, 3.63) is 33.9 Å². The lowest BCUT2D eigenvalue weighted by Crippen LogP contribution is -2.30. The van der Waals surface area contributed by atoms with Crippen LogP contribution in [0.5, 0.6) is 0 Å². The number of fused-ring (bicyclic) bond motifs is 1. The second kappa shape index (κ2) is 6.05. The van der Waals surface area contributed by atoms with Crippen molar-refractivity contribution in [2.45, 2.75) is 38.3 Å². The Hall–Kier alpha value is -2.48. The SMILES string of the molecule is CC(N)[C@H]1CCN(c2nc3c(cc2F)c(=O)c(C(=O)O)cn3C2CC2)C1. The maximum atomic E-state index is 14.7. The van der Waals surface area contributed by atoms with Crippen LogP contribution < -0.4 is 16.1 Å². The molecule has 1 unspecified atom stereocenters. The van der Waals surface area contributed by atoms with Gasteiger partial charge in [0.2, 0.25) is 5.43 Å². The number of nitrogens with two attached hydrogens (primary N) is 1. The molecular formula is C18H21FN4O3. The van der Waals surface area contributed by atoms with Crippen LogP contribution in [0.25, 0.3) is 11.0 Å². The minimum absolute atomic E-state index is 0.0148. The van der Waals surface area contributed by atoms with E-state index in [1.165, 1.54) is 6.20 Å². The molecule has 0 aromatic carbocycles. The fraction of sp³-hybridized carbons (Fsp3) is 0.500. The molecule has 0 bridgehead atoms. The Labute approximate surface area is 149 Å². The summed E-state index contributed by atoms with van der Waals surface area (Å²) in [6, 6.07) is 1.26. The summed E-state index contributed by atoms with van der Waals surface area (Å²) >= 11 is 0. The second-order valence-corrected chi connectivity index (χ2v) is 7.33. The van der Waals surface area contributed by atoms with E-state index in [-0.39, 0.29) is 34.8 Å². The number of carbonyl (C=O) groups is 1. The van der Waals surface area contributed by atoms with Crippen molar-refractivity contribution in [1.82, 2.24) is 9.55 Å². The number of carboxylic acids is 1. The molecular weight excluding hydrogens is 339 g/mol. The lowest BCUT2D eigenvalue weighted by Gasteiger charge is -2.21. The van der Waals surface area contributed by atoms with E-state index in [4.69, 9.17) is 5.73 Å². The Balaban J connectivity index is 1.86. The summed E-state index contributed by atoms with van der Waals surface area (Å²) in [5.41, 5.74) is 5.26. The van der Waals surface area contributed by atoms with Gasteiger partial charge in [0.05, 0.1) is 5.39 Å². The summed E-state index contributed by atoms with van der Waals surface area (Å²) in [7, 11) is 0. The zero-order chi connectivity index (χ0) is 18.6. The number of carboxylic acid groups (broad SMARTS) is 1. The van der Waals surface area contributed by atoms with Crippen LogP contribution in [0.4, 0.5) is 10.2 Å². The average molecular weight is 360 g/mol. The molecule has 138 valence electrons. The quantitative estimate of drug-likeness (QED) is 0.861. The highest BCUT2D eigenvalue weighted by atomic mass is 19.1. The van der Waals surface area contributed by atoms with Gasteiger partial charge in [0.1, 0.15) is 11.2 Å². The molecule has 2 fully saturated rings. The van der Waals surface area contributed by atoms with E-state index in [0.29, 0.717) is 18.7 Å². The number of nitrogens with zero attached hydrogens (tertiary/aromatic N) is 3. The highest BCUT2D eigenvalue weighted by molar-refractivity contribution is 5.92. The van der Waals surface area contributed by atoms with E-state index in [1.807, 2.05) is 11.8 Å². The minimum Gasteiger partial charge on any atom is -0.477 e. The van der Waals surface area contributed by atoms with Crippen LogP contribution in [-0.4, -0.2) is 39.8 Å². The van der Waals surface area contributed by atoms with Gasteiger partial charge in [-0.1, -0.05) is 0 Å². The lowest BCUT2D eigenvalue weighted by atomic mass is 10.0. The van der Waals surface area contributed by atoms with Gasteiger partial charge in [-0.15, -0.1) is 0 Å². The molecule has 2 aliphatic rings. The molecule has 26 heavy (non-hydrogen) atoms. The van der Waals surface area contributed by atoms with Gasteiger partial charge in [0, 0.05) is 31.4 Å². The van der Waals surface area contributed by atoms with E-state index in [9.17, 15) is 19.1 Å². The second-order valence-electron chi connectivity index (χ2n) is 7.33. The number of aromatic carboxylic acids is 1. The van der Waals surface area contributed by atoms with Gasteiger partial charge < -0.3 is 20.3 Å². The van der Waals surface area contributed by atoms with Crippen LogP contribution in [0.1, 0.15) is 42.6 Å². The van der Waals surface area contributed by atoms with Crippen LogP contribution in [0.15, 0.2) is 17.1 Å². The van der Waals surface area contributed by atoms with Crippen molar-refractivity contribution < 1.29 is 14.3 Å². The molecule has 0 amide bonds. The molecule has 1 aliphatic heterocycles. The van der Waals surface area contributed by atoms with Crippen molar-refractivity contribution >= 4 is 22.8 Å². The normalized spacial score (nSPS) is 21.3. The highest BCUT2D eigenvalue weighted by Gasteiger charge is 2.31. The predicted octanol–water partition coefficient (Wildman–Crippen LogP) is 1.74. The fourth-order valence-electron chi connectivity index (χ4n) is 3.65. The van der Waals surface area contributed by atoms with Crippen molar-refractivity contribution in [3.63, 3.8) is 0 Å². The first-order valence-electron chi connectivity index (χ1n) is 8.86. The molecule has 1 saturated carbocycles. The maximum absolute atomic E-state index is 14.7. The Morgan fingerprint density at radius 2 is 2.15 bits per heavy atom. The molecule has 0 spiro atoms. The Kier molecular flexibility index (Phi) is 3.95. The van der Waals surface area contributed by atoms with Crippen molar-refractivity contribution in [2.75, 3.05) is 18.0 Å². The number of pyridine rings is 2. The molecule has 7 nitrogen and oxygen atoms in total. The molecule has 1 saturated heterocycles. The summed E-state index contributed by atoms with van der Waals surface area (Å²) in [6.45, 7) is 3.22. The third-order valence-electron chi connectivity index (χ3n) is 5.38. The molecule has 4 rings (SSSR count). The summed E-state index contributed by atoms with van der Waals surface area (Å²) in [4.78, 5) is 30.1. The van der Waals surface area contributed by atoms with E-state index in [0.717, 1.165) is 25.3 Å². The van der Waals surface area contributed by atoms with Gasteiger partial charge in [0.15, 0.2) is 11.6 Å². The number of halogens is 1. The maximum Gasteiger partial charge on any atom is 0.341 e. The average Bonchev–Trinajstić information content (AvgIpc) is 3.30. The smallest absolute Gasteiger partial charge is 0.341 e. The van der Waals surface area contributed by atoms with Crippen molar-refractivity contribution in [2.24, 2.45) is 11.7 Å². The molecule has 2 aromatic heterocycles. The predicted molar refractivity (Wildman–Crippen MR) is 95.2 cm³/mol. The van der Waals surface area contributed by atoms with Gasteiger partial charge in [-0.3, -0.25) is 4.79 Å². The van der Waals surface area contributed by atoms with E-state index in [1.54, 1.807) is 4.57 Å². The molecule has 3 heterocycles. The molecule has 0 radical (unpaired) electrons. The van der Waals surface area contributed by atoms with Crippen molar-refractivity contribution in [1.29, 1.82) is 0 Å². The summed E-state index contributed by atoms with van der Waals surface area (Å²) in [5.74, 6) is -1.44. The van der Waals surface area contributed by atoms with E-state index in [2.05, 4.69) is 4.98 Å². The van der Waals surface area contributed by atoms with Crippen LogP contribution in [0.3, 0.4) is 0 Å². The Morgan fingerprint density at radius 3 is 2.73 bits per heavy atom. The first-order valence-corrected chi connectivity index (χ1v) is 8.86. The third kappa shape index (κ3) is 2.74. The standard InChI is InChI=1S/C18H21FN4O3/c1-9(20)10-4-5-22(7-10)17-14(19)6-12-15(24)13(18(25)26)8-23(11-2-3-11)16(12)21-17/h6,8-11H,2-5,7,20H2,1H3,(H,25,26)/t9?,10-/m0/s1. The Bertz CT molecular complexity index is 952. The first kappa shape index (κ1) is 17.0. The monoisotopic (exact) mass is 360 g/mol. The molecule has 3 N–H and O–H groups in total. The first-order chi connectivity index (χ1) is 12.4. The van der Waals surface area contributed by atoms with E-state index < -0.39 is 17.2 Å². The van der Waals surface area contributed by atoms with E-state index >= 15 is 0 Å². The van der Waals surface area contributed by atoms with Gasteiger partial charge in [-0.05, 0) is 38.2 Å². The largest absolute Gasteiger partial charge is 0.477 e. The fourth-order valence-corrected chi connectivity index (χ4v) is 3.65. The number of rotatable bonds is 4.